The highest BCUT2D eigenvalue weighted by atomic mass is 19.3. The molecule has 1 aliphatic rings. The van der Waals surface area contributed by atoms with E-state index in [1.807, 2.05) is 0 Å². The molecule has 0 aliphatic heterocycles. The van der Waals surface area contributed by atoms with Crippen LogP contribution in [0.15, 0.2) is 0 Å². The average molecular weight is 235 g/mol. The van der Waals surface area contributed by atoms with E-state index in [1.54, 1.807) is 0 Å². The Morgan fingerprint density at radius 1 is 1.12 bits per heavy atom. The summed E-state index contributed by atoms with van der Waals surface area (Å²) in [5.74, 6) is 0.567. The van der Waals surface area contributed by atoms with Gasteiger partial charge in [-0.05, 0) is 25.2 Å². The zero-order valence-corrected chi connectivity index (χ0v) is 9.84. The highest BCUT2D eigenvalue weighted by Crippen LogP contribution is 2.25. The van der Waals surface area contributed by atoms with Gasteiger partial charge in [0.2, 0.25) is 0 Å². The summed E-state index contributed by atoms with van der Waals surface area (Å²) in [6, 6.07) is 0.121. The van der Waals surface area contributed by atoms with E-state index in [-0.39, 0.29) is 6.04 Å². The molecule has 1 fully saturated rings. The number of nitrogens with two attached hydrogens (primary N) is 1. The van der Waals surface area contributed by atoms with Crippen LogP contribution < -0.4 is 5.73 Å². The maximum Gasteiger partial charge on any atom is 0.261 e. The molecule has 96 valence electrons. The molecule has 0 bridgehead atoms. The van der Waals surface area contributed by atoms with Crippen molar-refractivity contribution in [3.05, 3.63) is 0 Å². The summed E-state index contributed by atoms with van der Waals surface area (Å²) in [6.07, 6.45) is 5.86. The van der Waals surface area contributed by atoms with Crippen LogP contribution in [0.5, 0.6) is 0 Å². The van der Waals surface area contributed by atoms with E-state index >= 15 is 0 Å². The van der Waals surface area contributed by atoms with E-state index in [2.05, 4.69) is 0 Å². The van der Waals surface area contributed by atoms with Crippen LogP contribution >= 0.6 is 0 Å². The first kappa shape index (κ1) is 13.8. The monoisotopic (exact) mass is 235 g/mol. The molecule has 0 aromatic carbocycles. The lowest BCUT2D eigenvalue weighted by atomic mass is 9.91. The van der Waals surface area contributed by atoms with Crippen molar-refractivity contribution in [3.8, 4) is 0 Å². The molecule has 0 amide bonds. The number of rotatable bonds is 6. The Labute approximate surface area is 96.5 Å². The number of halogens is 2. The van der Waals surface area contributed by atoms with Gasteiger partial charge in [-0.1, -0.05) is 25.7 Å². The van der Waals surface area contributed by atoms with Crippen LogP contribution in [0, 0.1) is 5.92 Å². The van der Waals surface area contributed by atoms with Crippen LogP contribution in [-0.4, -0.2) is 25.7 Å². The van der Waals surface area contributed by atoms with E-state index in [1.165, 1.54) is 38.5 Å². The van der Waals surface area contributed by atoms with Gasteiger partial charge in [-0.2, -0.15) is 0 Å². The minimum atomic E-state index is -2.37. The summed E-state index contributed by atoms with van der Waals surface area (Å²) in [4.78, 5) is 0. The molecule has 0 saturated heterocycles. The molecule has 1 rings (SSSR count). The van der Waals surface area contributed by atoms with Gasteiger partial charge < -0.3 is 10.5 Å². The molecule has 0 heterocycles. The van der Waals surface area contributed by atoms with Crippen molar-refractivity contribution < 1.29 is 13.5 Å². The Hall–Kier alpha value is -0.220. The molecule has 2 nitrogen and oxygen atoms in total. The lowest BCUT2D eigenvalue weighted by Crippen LogP contribution is -2.31. The van der Waals surface area contributed by atoms with Crippen molar-refractivity contribution >= 4 is 0 Å². The topological polar surface area (TPSA) is 35.2 Å². The van der Waals surface area contributed by atoms with Crippen molar-refractivity contribution in [1.29, 1.82) is 0 Å². The highest BCUT2D eigenvalue weighted by Gasteiger charge is 2.19. The molecule has 1 atom stereocenters. The number of ether oxygens (including phenoxy) is 1. The summed E-state index contributed by atoms with van der Waals surface area (Å²) < 4.78 is 28.5. The summed E-state index contributed by atoms with van der Waals surface area (Å²) in [5, 5.41) is 0. The summed E-state index contributed by atoms with van der Waals surface area (Å²) in [6.45, 7) is -0.0978. The fraction of sp³-hybridized carbons (Fsp3) is 1.00. The fourth-order valence-corrected chi connectivity index (χ4v) is 2.37. The Morgan fingerprint density at radius 2 is 1.75 bits per heavy atom. The van der Waals surface area contributed by atoms with Crippen LogP contribution in [0.2, 0.25) is 0 Å². The molecule has 4 heteroatoms. The van der Waals surface area contributed by atoms with Crippen LogP contribution in [0.1, 0.15) is 44.9 Å². The van der Waals surface area contributed by atoms with E-state index in [0.717, 1.165) is 0 Å². The van der Waals surface area contributed by atoms with Gasteiger partial charge in [-0.25, -0.2) is 8.78 Å². The predicted octanol–water partition coefficient (Wildman–Crippen LogP) is 2.96. The second-order valence-corrected chi connectivity index (χ2v) is 4.67. The van der Waals surface area contributed by atoms with Gasteiger partial charge in [0.25, 0.3) is 6.43 Å². The Balaban J connectivity index is 2.10. The molecule has 16 heavy (non-hydrogen) atoms. The zero-order valence-electron chi connectivity index (χ0n) is 9.84. The zero-order chi connectivity index (χ0) is 11.8. The fourth-order valence-electron chi connectivity index (χ4n) is 2.37. The third-order valence-electron chi connectivity index (χ3n) is 3.34. The van der Waals surface area contributed by atoms with Crippen molar-refractivity contribution in [2.75, 3.05) is 13.2 Å². The quantitative estimate of drug-likeness (QED) is 0.567. The van der Waals surface area contributed by atoms with Crippen LogP contribution in [0.4, 0.5) is 8.78 Å². The number of alkyl halides is 2. The minimum absolute atomic E-state index is 0.121. The molecule has 0 aromatic rings. The van der Waals surface area contributed by atoms with Gasteiger partial charge in [-0.3, -0.25) is 0 Å². The number of hydrogen-bond acceptors (Lipinski definition) is 2. The number of hydrogen-bond donors (Lipinski definition) is 1. The highest BCUT2D eigenvalue weighted by molar-refractivity contribution is 4.75. The third kappa shape index (κ3) is 5.75. The van der Waals surface area contributed by atoms with Gasteiger partial charge in [-0.15, -0.1) is 0 Å². The van der Waals surface area contributed by atoms with Gasteiger partial charge in [0.05, 0.1) is 0 Å². The third-order valence-corrected chi connectivity index (χ3v) is 3.34. The van der Waals surface area contributed by atoms with Crippen LogP contribution in [0.25, 0.3) is 0 Å². The Bertz CT molecular complexity index is 170. The standard InChI is InChI=1S/C12H23F2NO/c13-12(14)9-16-8-7-11(15)10-5-3-1-2-4-6-10/h10-12H,1-9,15H2. The van der Waals surface area contributed by atoms with Crippen molar-refractivity contribution in [2.24, 2.45) is 11.7 Å². The van der Waals surface area contributed by atoms with Gasteiger partial charge in [0, 0.05) is 12.6 Å². The molecular formula is C12H23F2NO. The van der Waals surface area contributed by atoms with E-state index in [4.69, 9.17) is 10.5 Å². The van der Waals surface area contributed by atoms with Gasteiger partial charge in [0.15, 0.2) is 0 Å². The molecule has 0 aromatic heterocycles. The van der Waals surface area contributed by atoms with Crippen molar-refractivity contribution in [2.45, 2.75) is 57.4 Å². The average Bonchev–Trinajstić information content (AvgIpc) is 2.52. The second kappa shape index (κ2) is 7.96. The van der Waals surface area contributed by atoms with Crippen LogP contribution in [0.3, 0.4) is 0 Å². The van der Waals surface area contributed by atoms with Crippen molar-refractivity contribution in [3.63, 3.8) is 0 Å². The second-order valence-electron chi connectivity index (χ2n) is 4.67. The molecule has 0 radical (unpaired) electrons. The summed E-state index contributed by atoms with van der Waals surface area (Å²) >= 11 is 0. The largest absolute Gasteiger partial charge is 0.375 e. The van der Waals surface area contributed by atoms with Crippen molar-refractivity contribution in [1.82, 2.24) is 0 Å². The molecule has 1 saturated carbocycles. The van der Waals surface area contributed by atoms with E-state index in [0.29, 0.717) is 18.9 Å². The van der Waals surface area contributed by atoms with Gasteiger partial charge >= 0.3 is 0 Å². The minimum Gasteiger partial charge on any atom is -0.375 e. The first-order valence-electron chi connectivity index (χ1n) is 6.31. The molecule has 0 spiro atoms. The lowest BCUT2D eigenvalue weighted by Gasteiger charge is -2.22. The molecular weight excluding hydrogens is 212 g/mol. The smallest absolute Gasteiger partial charge is 0.261 e. The van der Waals surface area contributed by atoms with Crippen LogP contribution in [-0.2, 0) is 4.74 Å². The SMILES string of the molecule is NC(CCOCC(F)F)C1CCCCCC1. The summed E-state index contributed by atoms with van der Waals surface area (Å²) in [7, 11) is 0. The predicted molar refractivity (Wildman–Crippen MR) is 60.6 cm³/mol. The lowest BCUT2D eigenvalue weighted by molar-refractivity contribution is 0.0137. The van der Waals surface area contributed by atoms with Gasteiger partial charge in [0.1, 0.15) is 6.61 Å². The molecule has 1 aliphatic carbocycles. The first-order chi connectivity index (χ1) is 7.70. The maximum atomic E-state index is 11.8. The molecule has 1 unspecified atom stereocenters. The van der Waals surface area contributed by atoms with E-state index in [9.17, 15) is 8.78 Å². The molecule has 2 N–H and O–H groups in total. The van der Waals surface area contributed by atoms with E-state index < -0.39 is 13.0 Å². The maximum absolute atomic E-state index is 11.8. The first-order valence-corrected chi connectivity index (χ1v) is 6.31. The Morgan fingerprint density at radius 3 is 2.31 bits per heavy atom. The Kier molecular flexibility index (Phi) is 6.88. The normalized spacial score (nSPS) is 21.0. The summed E-state index contributed by atoms with van der Waals surface area (Å²) in [5.41, 5.74) is 6.07.